The van der Waals surface area contributed by atoms with Crippen LogP contribution in [0.4, 0.5) is 10.5 Å². The van der Waals surface area contributed by atoms with Gasteiger partial charge in [0.05, 0.1) is 18.3 Å². The van der Waals surface area contributed by atoms with Gasteiger partial charge in [-0.15, -0.1) is 0 Å². The van der Waals surface area contributed by atoms with Crippen molar-refractivity contribution in [2.45, 2.75) is 6.04 Å². The Labute approximate surface area is 121 Å². The largest absolute Gasteiger partial charge is 0.394 e. The van der Waals surface area contributed by atoms with Crippen molar-refractivity contribution in [1.29, 1.82) is 0 Å². The fraction of sp³-hybridized carbons (Fsp3) is 0.143. The molecule has 1 aromatic carbocycles. The molecule has 0 bridgehead atoms. The molecule has 6 heteroatoms. The van der Waals surface area contributed by atoms with Gasteiger partial charge in [0.15, 0.2) is 5.15 Å². The lowest BCUT2D eigenvalue weighted by molar-refractivity contribution is 0.225. The highest BCUT2D eigenvalue weighted by Crippen LogP contribution is 2.18. The molecule has 20 heavy (non-hydrogen) atoms. The van der Waals surface area contributed by atoms with Gasteiger partial charge in [0.2, 0.25) is 0 Å². The number of aromatic nitrogens is 1. The van der Waals surface area contributed by atoms with Crippen LogP contribution in [-0.2, 0) is 0 Å². The lowest BCUT2D eigenvalue weighted by Crippen LogP contribution is -2.34. The van der Waals surface area contributed by atoms with E-state index in [9.17, 15) is 9.90 Å². The minimum atomic E-state index is -0.480. The zero-order valence-corrected chi connectivity index (χ0v) is 11.3. The zero-order chi connectivity index (χ0) is 14.4. The molecule has 0 radical (unpaired) electrons. The van der Waals surface area contributed by atoms with E-state index in [1.165, 1.54) is 6.20 Å². The molecule has 3 N–H and O–H groups in total. The molecule has 0 spiro atoms. The summed E-state index contributed by atoms with van der Waals surface area (Å²) >= 11 is 5.85. The second-order valence-corrected chi connectivity index (χ2v) is 4.44. The fourth-order valence-electron chi connectivity index (χ4n) is 1.72. The van der Waals surface area contributed by atoms with Crippen LogP contribution in [0.1, 0.15) is 11.6 Å². The number of benzene rings is 1. The van der Waals surface area contributed by atoms with Gasteiger partial charge in [-0.1, -0.05) is 41.9 Å². The van der Waals surface area contributed by atoms with E-state index in [0.717, 1.165) is 5.56 Å². The van der Waals surface area contributed by atoms with E-state index in [1.54, 1.807) is 12.1 Å². The number of nitrogens with zero attached hydrogens (tertiary/aromatic N) is 1. The van der Waals surface area contributed by atoms with Crippen LogP contribution in [0.3, 0.4) is 0 Å². The van der Waals surface area contributed by atoms with Crippen molar-refractivity contribution in [2.75, 3.05) is 11.9 Å². The van der Waals surface area contributed by atoms with Crippen LogP contribution in [0.5, 0.6) is 0 Å². The maximum Gasteiger partial charge on any atom is 0.319 e. The number of nitrogens with one attached hydrogen (secondary N) is 2. The summed E-state index contributed by atoms with van der Waals surface area (Å²) in [6, 6.07) is 11.6. The van der Waals surface area contributed by atoms with Crippen LogP contribution in [0.15, 0.2) is 48.7 Å². The molecular weight excluding hydrogens is 278 g/mol. The number of aliphatic hydroxyl groups excluding tert-OH is 1. The van der Waals surface area contributed by atoms with E-state index >= 15 is 0 Å². The molecule has 104 valence electrons. The van der Waals surface area contributed by atoms with E-state index in [1.807, 2.05) is 30.3 Å². The highest BCUT2D eigenvalue weighted by Gasteiger charge is 2.14. The Kier molecular flexibility index (Phi) is 4.92. The van der Waals surface area contributed by atoms with Crippen molar-refractivity contribution >= 4 is 23.3 Å². The summed E-state index contributed by atoms with van der Waals surface area (Å²) in [6.45, 7) is -0.196. The average molecular weight is 292 g/mol. The van der Waals surface area contributed by atoms with E-state index in [-0.39, 0.29) is 11.8 Å². The minimum absolute atomic E-state index is 0.196. The minimum Gasteiger partial charge on any atom is -0.394 e. The second kappa shape index (κ2) is 6.88. The lowest BCUT2D eigenvalue weighted by atomic mass is 10.1. The third-order valence-corrected chi connectivity index (χ3v) is 3.00. The highest BCUT2D eigenvalue weighted by molar-refractivity contribution is 6.32. The normalized spacial score (nSPS) is 11.7. The van der Waals surface area contributed by atoms with Crippen molar-refractivity contribution < 1.29 is 9.90 Å². The molecule has 5 nitrogen and oxygen atoms in total. The van der Waals surface area contributed by atoms with E-state index < -0.39 is 12.1 Å². The smallest absolute Gasteiger partial charge is 0.319 e. The monoisotopic (exact) mass is 291 g/mol. The maximum atomic E-state index is 11.9. The fourth-order valence-corrected chi connectivity index (χ4v) is 1.88. The van der Waals surface area contributed by atoms with Crippen molar-refractivity contribution in [3.63, 3.8) is 0 Å². The zero-order valence-electron chi connectivity index (χ0n) is 10.6. The average Bonchev–Trinajstić information content (AvgIpc) is 2.48. The summed E-state index contributed by atoms with van der Waals surface area (Å²) in [4.78, 5) is 15.8. The lowest BCUT2D eigenvalue weighted by Gasteiger charge is -2.17. The Morgan fingerprint density at radius 1 is 1.25 bits per heavy atom. The molecule has 0 saturated heterocycles. The molecular formula is C14H14ClN3O2. The van der Waals surface area contributed by atoms with Gasteiger partial charge in [-0.25, -0.2) is 9.78 Å². The summed E-state index contributed by atoms with van der Waals surface area (Å²) in [5.41, 5.74) is 1.24. The predicted molar refractivity (Wildman–Crippen MR) is 77.7 cm³/mol. The SMILES string of the molecule is O=C(Nc1cccnc1Cl)N[C@H](CO)c1ccccc1. The number of amides is 2. The molecule has 0 saturated carbocycles. The van der Waals surface area contributed by atoms with Gasteiger partial charge < -0.3 is 15.7 Å². The molecule has 2 amide bonds. The Morgan fingerprint density at radius 3 is 2.65 bits per heavy atom. The van der Waals surface area contributed by atoms with Crippen molar-refractivity contribution in [2.24, 2.45) is 0 Å². The molecule has 0 unspecified atom stereocenters. The Balaban J connectivity index is 2.02. The molecule has 0 fully saturated rings. The molecule has 1 aromatic heterocycles. The van der Waals surface area contributed by atoms with Crippen LogP contribution >= 0.6 is 11.6 Å². The maximum absolute atomic E-state index is 11.9. The van der Waals surface area contributed by atoms with Crippen LogP contribution < -0.4 is 10.6 Å². The van der Waals surface area contributed by atoms with Gasteiger partial charge in [-0.05, 0) is 17.7 Å². The van der Waals surface area contributed by atoms with E-state index in [2.05, 4.69) is 15.6 Å². The van der Waals surface area contributed by atoms with Crippen molar-refractivity contribution in [3.05, 3.63) is 59.4 Å². The molecule has 0 aliphatic rings. The number of halogens is 1. The number of carbonyl (C=O) groups is 1. The van der Waals surface area contributed by atoms with Gasteiger partial charge in [-0.3, -0.25) is 0 Å². The molecule has 0 aliphatic carbocycles. The van der Waals surface area contributed by atoms with Gasteiger partial charge in [-0.2, -0.15) is 0 Å². The third kappa shape index (κ3) is 3.69. The predicted octanol–water partition coefficient (Wildman–Crippen LogP) is 2.59. The molecule has 0 aliphatic heterocycles. The quantitative estimate of drug-likeness (QED) is 0.758. The number of aliphatic hydroxyl groups is 1. The first-order chi connectivity index (χ1) is 9.70. The van der Waals surface area contributed by atoms with Crippen LogP contribution in [-0.4, -0.2) is 22.7 Å². The Bertz CT molecular complexity index is 578. The molecule has 2 rings (SSSR count). The molecule has 1 atom stereocenters. The Morgan fingerprint density at radius 2 is 2.00 bits per heavy atom. The summed E-state index contributed by atoms with van der Waals surface area (Å²) in [5, 5.41) is 14.8. The summed E-state index contributed by atoms with van der Waals surface area (Å²) in [6.07, 6.45) is 1.53. The van der Waals surface area contributed by atoms with Gasteiger partial charge in [0, 0.05) is 6.20 Å². The summed E-state index contributed by atoms with van der Waals surface area (Å²) in [7, 11) is 0. The number of urea groups is 1. The number of hydrogen-bond donors (Lipinski definition) is 3. The van der Waals surface area contributed by atoms with Crippen molar-refractivity contribution in [1.82, 2.24) is 10.3 Å². The van der Waals surface area contributed by atoms with E-state index in [4.69, 9.17) is 11.6 Å². The number of hydrogen-bond acceptors (Lipinski definition) is 3. The first-order valence-corrected chi connectivity index (χ1v) is 6.42. The summed E-state index contributed by atoms with van der Waals surface area (Å²) in [5.74, 6) is 0. The number of carbonyl (C=O) groups excluding carboxylic acids is 1. The topological polar surface area (TPSA) is 74.2 Å². The summed E-state index contributed by atoms with van der Waals surface area (Å²) < 4.78 is 0. The van der Waals surface area contributed by atoms with Crippen LogP contribution in [0, 0.1) is 0 Å². The third-order valence-electron chi connectivity index (χ3n) is 2.70. The van der Waals surface area contributed by atoms with E-state index in [0.29, 0.717) is 5.69 Å². The molecule has 2 aromatic rings. The number of anilines is 1. The number of rotatable bonds is 4. The van der Waals surface area contributed by atoms with Gasteiger partial charge in [0.1, 0.15) is 0 Å². The second-order valence-electron chi connectivity index (χ2n) is 4.09. The molecule has 1 heterocycles. The standard InChI is InChI=1S/C14H14ClN3O2/c15-13-11(7-4-8-16-13)17-14(20)18-12(9-19)10-5-2-1-3-6-10/h1-8,12,19H,9H2,(H2,17,18,20)/t12-/m1/s1. The van der Waals surface area contributed by atoms with Gasteiger partial charge in [0.25, 0.3) is 0 Å². The first kappa shape index (κ1) is 14.3. The van der Waals surface area contributed by atoms with Crippen LogP contribution in [0.2, 0.25) is 5.15 Å². The van der Waals surface area contributed by atoms with Crippen LogP contribution in [0.25, 0.3) is 0 Å². The van der Waals surface area contributed by atoms with Crippen molar-refractivity contribution in [3.8, 4) is 0 Å². The first-order valence-electron chi connectivity index (χ1n) is 6.04. The highest BCUT2D eigenvalue weighted by atomic mass is 35.5. The van der Waals surface area contributed by atoms with Gasteiger partial charge >= 0.3 is 6.03 Å². The number of pyridine rings is 1. The Hall–Kier alpha value is -2.11.